The Morgan fingerprint density at radius 1 is 0.808 bits per heavy atom. The van der Waals surface area contributed by atoms with Gasteiger partial charge in [0.25, 0.3) is 5.91 Å². The van der Waals surface area contributed by atoms with Gasteiger partial charge in [-0.3, -0.25) is 4.79 Å². The number of nitrogens with one attached hydrogen (secondary N) is 1. The number of amides is 1. The van der Waals surface area contributed by atoms with E-state index in [0.29, 0.717) is 0 Å². The van der Waals surface area contributed by atoms with Crippen LogP contribution in [-0.4, -0.2) is 24.9 Å². The summed E-state index contributed by atoms with van der Waals surface area (Å²) in [6.07, 6.45) is 0.813. The van der Waals surface area contributed by atoms with Crippen molar-refractivity contribution in [1.82, 2.24) is 4.90 Å². The number of carbonyl (C=O) groups is 1. The predicted octanol–water partition coefficient (Wildman–Crippen LogP) is 4.59. The highest BCUT2D eigenvalue weighted by Gasteiger charge is 2.08. The van der Waals surface area contributed by atoms with Gasteiger partial charge in [-0.2, -0.15) is 0 Å². The Bertz CT molecular complexity index is 855. The lowest BCUT2D eigenvalue weighted by Gasteiger charge is -2.11. The summed E-state index contributed by atoms with van der Waals surface area (Å²) < 4.78 is 0. The van der Waals surface area contributed by atoms with Crippen molar-refractivity contribution >= 4 is 11.6 Å². The highest BCUT2D eigenvalue weighted by molar-refractivity contribution is 5.94. The van der Waals surface area contributed by atoms with Crippen molar-refractivity contribution in [3.8, 4) is 0 Å². The van der Waals surface area contributed by atoms with Crippen LogP contribution < -0.4 is 5.32 Å². The summed E-state index contributed by atoms with van der Waals surface area (Å²) in [5.41, 5.74) is 5.47. The zero-order chi connectivity index (χ0) is 18.4. The van der Waals surface area contributed by atoms with E-state index in [1.807, 2.05) is 24.3 Å². The molecule has 0 bridgehead atoms. The van der Waals surface area contributed by atoms with Gasteiger partial charge in [0.15, 0.2) is 0 Å². The Balaban J connectivity index is 1.62. The summed E-state index contributed by atoms with van der Waals surface area (Å²) in [6, 6.07) is 26.7. The van der Waals surface area contributed by atoms with Gasteiger partial charge in [-0.15, -0.1) is 0 Å². The van der Waals surface area contributed by atoms with E-state index in [1.54, 1.807) is 19.0 Å². The number of anilines is 1. The molecule has 3 nitrogen and oxygen atoms in total. The standard InChI is InChI=1S/C23H24N2O/c1-25(2)23(26)21-10-6-9-20(16-21)15-18-11-13-22(14-12-18)24-17-19-7-4-3-5-8-19/h3-14,16,24H,15,17H2,1-2H3. The first-order valence-corrected chi connectivity index (χ1v) is 8.79. The number of rotatable bonds is 6. The lowest BCUT2D eigenvalue weighted by molar-refractivity contribution is 0.0827. The van der Waals surface area contributed by atoms with E-state index >= 15 is 0 Å². The maximum absolute atomic E-state index is 12.1. The van der Waals surface area contributed by atoms with Crippen molar-refractivity contribution in [2.45, 2.75) is 13.0 Å². The fraction of sp³-hybridized carbons (Fsp3) is 0.174. The highest BCUT2D eigenvalue weighted by Crippen LogP contribution is 2.16. The number of carbonyl (C=O) groups excluding carboxylic acids is 1. The van der Waals surface area contributed by atoms with Gasteiger partial charge in [-0.1, -0.05) is 54.6 Å². The summed E-state index contributed by atoms with van der Waals surface area (Å²) in [6.45, 7) is 0.814. The molecule has 132 valence electrons. The summed E-state index contributed by atoms with van der Waals surface area (Å²) in [4.78, 5) is 13.7. The number of hydrogen-bond acceptors (Lipinski definition) is 2. The van der Waals surface area contributed by atoms with Crippen LogP contribution in [0.4, 0.5) is 5.69 Å². The molecular formula is C23H24N2O. The number of benzene rings is 3. The predicted molar refractivity (Wildman–Crippen MR) is 107 cm³/mol. The number of nitrogens with zero attached hydrogens (tertiary/aromatic N) is 1. The minimum atomic E-state index is 0.0345. The molecule has 0 heterocycles. The zero-order valence-corrected chi connectivity index (χ0v) is 15.3. The fourth-order valence-corrected chi connectivity index (χ4v) is 2.85. The Morgan fingerprint density at radius 2 is 1.50 bits per heavy atom. The zero-order valence-electron chi connectivity index (χ0n) is 15.3. The maximum Gasteiger partial charge on any atom is 0.253 e. The molecule has 3 aromatic carbocycles. The van der Waals surface area contributed by atoms with Crippen molar-refractivity contribution in [2.75, 3.05) is 19.4 Å². The van der Waals surface area contributed by atoms with E-state index in [2.05, 4.69) is 59.9 Å². The number of hydrogen-bond donors (Lipinski definition) is 1. The van der Waals surface area contributed by atoms with Gasteiger partial charge in [0, 0.05) is 31.9 Å². The lowest BCUT2D eigenvalue weighted by Crippen LogP contribution is -2.21. The quantitative estimate of drug-likeness (QED) is 0.709. The van der Waals surface area contributed by atoms with E-state index < -0.39 is 0 Å². The second kappa shape index (κ2) is 8.34. The molecule has 3 heteroatoms. The maximum atomic E-state index is 12.1. The molecule has 0 saturated heterocycles. The van der Waals surface area contributed by atoms with Crippen LogP contribution in [0.5, 0.6) is 0 Å². The van der Waals surface area contributed by atoms with Gasteiger partial charge in [-0.25, -0.2) is 0 Å². The van der Waals surface area contributed by atoms with E-state index in [0.717, 1.165) is 29.8 Å². The van der Waals surface area contributed by atoms with Gasteiger partial charge in [0.05, 0.1) is 0 Å². The third-order valence-electron chi connectivity index (χ3n) is 4.28. The van der Waals surface area contributed by atoms with Crippen LogP contribution in [0.1, 0.15) is 27.0 Å². The van der Waals surface area contributed by atoms with Crippen LogP contribution in [0.25, 0.3) is 0 Å². The topological polar surface area (TPSA) is 32.3 Å². The van der Waals surface area contributed by atoms with E-state index in [9.17, 15) is 4.79 Å². The van der Waals surface area contributed by atoms with Gasteiger partial charge in [-0.05, 0) is 47.4 Å². The van der Waals surface area contributed by atoms with Crippen LogP contribution in [0, 0.1) is 0 Å². The largest absolute Gasteiger partial charge is 0.381 e. The van der Waals surface area contributed by atoms with E-state index in [1.165, 1.54) is 11.1 Å². The molecule has 26 heavy (non-hydrogen) atoms. The Kier molecular flexibility index (Phi) is 5.69. The summed E-state index contributed by atoms with van der Waals surface area (Å²) in [5.74, 6) is 0.0345. The normalized spacial score (nSPS) is 10.4. The van der Waals surface area contributed by atoms with Crippen LogP contribution in [0.15, 0.2) is 78.9 Å². The molecule has 3 rings (SSSR count). The molecular weight excluding hydrogens is 320 g/mol. The van der Waals surface area contributed by atoms with Crippen LogP contribution in [0.3, 0.4) is 0 Å². The van der Waals surface area contributed by atoms with E-state index in [-0.39, 0.29) is 5.91 Å². The summed E-state index contributed by atoms with van der Waals surface area (Å²) >= 11 is 0. The smallest absolute Gasteiger partial charge is 0.253 e. The third-order valence-corrected chi connectivity index (χ3v) is 4.28. The first-order valence-electron chi connectivity index (χ1n) is 8.79. The van der Waals surface area contributed by atoms with Crippen LogP contribution in [-0.2, 0) is 13.0 Å². The van der Waals surface area contributed by atoms with Gasteiger partial charge < -0.3 is 10.2 Å². The molecule has 1 amide bonds. The first-order chi connectivity index (χ1) is 12.6. The van der Waals surface area contributed by atoms with Crippen molar-refractivity contribution in [2.24, 2.45) is 0 Å². The second-order valence-electron chi connectivity index (χ2n) is 6.61. The second-order valence-corrected chi connectivity index (χ2v) is 6.61. The highest BCUT2D eigenvalue weighted by atomic mass is 16.2. The molecule has 1 N–H and O–H groups in total. The van der Waals surface area contributed by atoms with Crippen molar-refractivity contribution in [1.29, 1.82) is 0 Å². The average Bonchev–Trinajstić information content (AvgIpc) is 2.68. The van der Waals surface area contributed by atoms with E-state index in [4.69, 9.17) is 0 Å². The van der Waals surface area contributed by atoms with Gasteiger partial charge in [0.1, 0.15) is 0 Å². The molecule has 3 aromatic rings. The molecule has 0 atom stereocenters. The average molecular weight is 344 g/mol. The molecule has 0 spiro atoms. The third kappa shape index (κ3) is 4.73. The molecule has 0 saturated carbocycles. The molecule has 0 aliphatic heterocycles. The molecule has 0 aliphatic carbocycles. The molecule has 0 unspecified atom stereocenters. The first kappa shape index (κ1) is 17.7. The molecule has 0 fully saturated rings. The van der Waals surface area contributed by atoms with Crippen molar-refractivity contribution < 1.29 is 4.79 Å². The van der Waals surface area contributed by atoms with Crippen molar-refractivity contribution in [3.05, 3.63) is 101 Å². The minimum absolute atomic E-state index is 0.0345. The molecule has 0 aliphatic rings. The fourth-order valence-electron chi connectivity index (χ4n) is 2.85. The SMILES string of the molecule is CN(C)C(=O)c1cccc(Cc2ccc(NCc3ccccc3)cc2)c1. The van der Waals surface area contributed by atoms with Crippen molar-refractivity contribution in [3.63, 3.8) is 0 Å². The lowest BCUT2D eigenvalue weighted by atomic mass is 10.0. The van der Waals surface area contributed by atoms with Crippen LogP contribution in [0.2, 0.25) is 0 Å². The molecule has 0 radical (unpaired) electrons. The Morgan fingerprint density at radius 3 is 2.19 bits per heavy atom. The summed E-state index contributed by atoms with van der Waals surface area (Å²) in [7, 11) is 3.55. The monoisotopic (exact) mass is 344 g/mol. The van der Waals surface area contributed by atoms with Gasteiger partial charge in [0.2, 0.25) is 0 Å². The molecule has 0 aromatic heterocycles. The summed E-state index contributed by atoms with van der Waals surface area (Å²) in [5, 5.41) is 3.44. The Hall–Kier alpha value is -3.07. The Labute approximate surface area is 155 Å². The minimum Gasteiger partial charge on any atom is -0.381 e. The van der Waals surface area contributed by atoms with Crippen LogP contribution >= 0.6 is 0 Å². The van der Waals surface area contributed by atoms with Gasteiger partial charge >= 0.3 is 0 Å².